The van der Waals surface area contributed by atoms with Crippen molar-refractivity contribution in [1.82, 2.24) is 25.1 Å². The Morgan fingerprint density at radius 3 is 2.81 bits per heavy atom. The van der Waals surface area contributed by atoms with E-state index >= 15 is 0 Å². The van der Waals surface area contributed by atoms with E-state index in [0.29, 0.717) is 17.8 Å². The molecule has 1 atom stereocenters. The number of imidazole rings is 1. The first-order valence-electron chi connectivity index (χ1n) is 6.55. The second-order valence-corrected chi connectivity index (χ2v) is 4.64. The third-order valence-electron chi connectivity index (χ3n) is 3.11. The van der Waals surface area contributed by atoms with Crippen molar-refractivity contribution < 1.29 is 14.7 Å². The van der Waals surface area contributed by atoms with Gasteiger partial charge < -0.3 is 15.4 Å². The maximum absolute atomic E-state index is 12.2. The lowest BCUT2D eigenvalue weighted by Gasteiger charge is -2.13. The molecule has 8 nitrogen and oxygen atoms in total. The highest BCUT2D eigenvalue weighted by molar-refractivity contribution is 5.95. The number of aromatic nitrogens is 4. The summed E-state index contributed by atoms with van der Waals surface area (Å²) < 4.78 is 1.45. The number of carbonyl (C=O) groups is 2. The lowest BCUT2D eigenvalue weighted by molar-refractivity contribution is -0.139. The maximum Gasteiger partial charge on any atom is 0.326 e. The Balaban J connectivity index is 2.10. The molecule has 112 valence electrons. The van der Waals surface area contributed by atoms with Crippen molar-refractivity contribution in [3.63, 3.8) is 0 Å². The van der Waals surface area contributed by atoms with Crippen LogP contribution in [0.3, 0.4) is 0 Å². The second-order valence-electron chi connectivity index (χ2n) is 4.64. The van der Waals surface area contributed by atoms with Gasteiger partial charge in [-0.3, -0.25) is 9.48 Å². The lowest BCUT2D eigenvalue weighted by atomic mass is 10.1. The van der Waals surface area contributed by atoms with Crippen LogP contribution in [0.5, 0.6) is 0 Å². The van der Waals surface area contributed by atoms with Gasteiger partial charge in [0.05, 0.1) is 12.0 Å². The molecule has 2 aromatic rings. The van der Waals surface area contributed by atoms with Gasteiger partial charge in [0.2, 0.25) is 0 Å². The molecule has 0 bridgehead atoms. The molecule has 0 radical (unpaired) electrons. The van der Waals surface area contributed by atoms with Crippen LogP contribution in [0.1, 0.15) is 28.8 Å². The second kappa shape index (κ2) is 6.21. The molecule has 0 saturated carbocycles. The number of aryl methyl sites for hydroxylation is 2. The minimum Gasteiger partial charge on any atom is -0.480 e. The first-order chi connectivity index (χ1) is 10.0. The monoisotopic (exact) mass is 291 g/mol. The minimum atomic E-state index is -1.10. The molecule has 2 aromatic heterocycles. The van der Waals surface area contributed by atoms with E-state index in [-0.39, 0.29) is 6.42 Å². The van der Waals surface area contributed by atoms with E-state index in [0.717, 1.165) is 5.69 Å². The minimum absolute atomic E-state index is 0.138. The molecule has 1 unspecified atom stereocenters. The molecule has 0 saturated heterocycles. The molecule has 0 fully saturated rings. The van der Waals surface area contributed by atoms with Crippen molar-refractivity contribution in [2.75, 3.05) is 0 Å². The highest BCUT2D eigenvalue weighted by Gasteiger charge is 2.23. The van der Waals surface area contributed by atoms with Gasteiger partial charge in [-0.05, 0) is 12.5 Å². The number of H-pyrrole nitrogens is 1. The summed E-state index contributed by atoms with van der Waals surface area (Å²) in [5.41, 5.74) is 1.76. The van der Waals surface area contributed by atoms with E-state index in [9.17, 15) is 14.7 Å². The van der Waals surface area contributed by atoms with Crippen molar-refractivity contribution in [2.45, 2.75) is 25.8 Å². The van der Waals surface area contributed by atoms with Crippen molar-refractivity contribution in [2.24, 2.45) is 7.05 Å². The van der Waals surface area contributed by atoms with Crippen LogP contribution in [0.4, 0.5) is 0 Å². The lowest BCUT2D eigenvalue weighted by Crippen LogP contribution is -2.43. The molecule has 2 heterocycles. The van der Waals surface area contributed by atoms with Crippen LogP contribution in [0.2, 0.25) is 0 Å². The number of nitrogens with zero attached hydrogens (tertiary/aromatic N) is 3. The van der Waals surface area contributed by atoms with E-state index in [2.05, 4.69) is 20.4 Å². The van der Waals surface area contributed by atoms with Gasteiger partial charge >= 0.3 is 5.97 Å². The highest BCUT2D eigenvalue weighted by atomic mass is 16.4. The summed E-state index contributed by atoms with van der Waals surface area (Å²) in [6.45, 7) is 1.93. The highest BCUT2D eigenvalue weighted by Crippen LogP contribution is 2.06. The van der Waals surface area contributed by atoms with Crippen LogP contribution in [-0.2, 0) is 24.7 Å². The Morgan fingerprint density at radius 1 is 1.52 bits per heavy atom. The first kappa shape index (κ1) is 14.8. The van der Waals surface area contributed by atoms with Crippen LogP contribution in [-0.4, -0.2) is 42.8 Å². The van der Waals surface area contributed by atoms with Crippen molar-refractivity contribution in [1.29, 1.82) is 0 Å². The number of carboxylic acid groups (broad SMARTS) is 1. The predicted molar refractivity (Wildman–Crippen MR) is 73.8 cm³/mol. The van der Waals surface area contributed by atoms with Gasteiger partial charge in [0.1, 0.15) is 11.7 Å². The van der Waals surface area contributed by atoms with Crippen LogP contribution in [0, 0.1) is 0 Å². The van der Waals surface area contributed by atoms with Crippen LogP contribution < -0.4 is 5.32 Å². The Bertz CT molecular complexity index is 632. The maximum atomic E-state index is 12.2. The van der Waals surface area contributed by atoms with E-state index in [4.69, 9.17) is 0 Å². The van der Waals surface area contributed by atoms with Crippen LogP contribution in [0.15, 0.2) is 18.6 Å². The zero-order chi connectivity index (χ0) is 15.4. The van der Waals surface area contributed by atoms with Gasteiger partial charge in [-0.25, -0.2) is 9.78 Å². The van der Waals surface area contributed by atoms with Crippen LogP contribution in [0.25, 0.3) is 0 Å². The molecule has 1 amide bonds. The molecule has 0 spiro atoms. The number of carbonyl (C=O) groups excluding carboxylic acids is 1. The molecule has 2 rings (SSSR count). The summed E-state index contributed by atoms with van der Waals surface area (Å²) in [7, 11) is 1.65. The summed E-state index contributed by atoms with van der Waals surface area (Å²) in [6, 6.07) is 0.627. The van der Waals surface area contributed by atoms with E-state index in [1.807, 2.05) is 6.92 Å². The van der Waals surface area contributed by atoms with Gasteiger partial charge in [0.15, 0.2) is 0 Å². The van der Waals surface area contributed by atoms with Gasteiger partial charge in [0.25, 0.3) is 5.91 Å². The Hall–Kier alpha value is -2.64. The summed E-state index contributed by atoms with van der Waals surface area (Å²) in [5, 5.41) is 15.9. The Kier molecular flexibility index (Phi) is 4.36. The van der Waals surface area contributed by atoms with Gasteiger partial charge in [-0.1, -0.05) is 6.92 Å². The SMILES string of the molecule is CCc1cc(C(=O)NC(Cc2cnc[nH]2)C(=O)O)n(C)n1. The molecule has 0 aliphatic rings. The molecule has 21 heavy (non-hydrogen) atoms. The fourth-order valence-corrected chi connectivity index (χ4v) is 1.96. The number of rotatable bonds is 6. The van der Waals surface area contributed by atoms with Gasteiger partial charge in [-0.15, -0.1) is 0 Å². The smallest absolute Gasteiger partial charge is 0.326 e. The summed E-state index contributed by atoms with van der Waals surface area (Å²) in [4.78, 5) is 30.1. The number of amides is 1. The third kappa shape index (κ3) is 3.47. The number of nitrogens with one attached hydrogen (secondary N) is 2. The molecular formula is C13H17N5O3. The molecule has 0 aromatic carbocycles. The topological polar surface area (TPSA) is 113 Å². The summed E-state index contributed by atoms with van der Waals surface area (Å²) >= 11 is 0. The largest absolute Gasteiger partial charge is 0.480 e. The molecule has 0 aliphatic heterocycles. The quantitative estimate of drug-likeness (QED) is 0.700. The summed E-state index contributed by atoms with van der Waals surface area (Å²) in [5.74, 6) is -1.56. The normalized spacial score (nSPS) is 12.1. The average molecular weight is 291 g/mol. The number of aliphatic carboxylic acids is 1. The average Bonchev–Trinajstić information content (AvgIpc) is 3.06. The fraction of sp³-hybridized carbons (Fsp3) is 0.385. The Morgan fingerprint density at radius 2 is 2.29 bits per heavy atom. The first-order valence-corrected chi connectivity index (χ1v) is 6.55. The van der Waals surface area contributed by atoms with E-state index in [1.165, 1.54) is 17.2 Å². The van der Waals surface area contributed by atoms with Gasteiger partial charge in [0, 0.05) is 25.4 Å². The zero-order valence-corrected chi connectivity index (χ0v) is 11.8. The number of hydrogen-bond donors (Lipinski definition) is 3. The molecule has 0 aliphatic carbocycles. The third-order valence-corrected chi connectivity index (χ3v) is 3.11. The number of hydrogen-bond acceptors (Lipinski definition) is 4. The number of carboxylic acids is 1. The van der Waals surface area contributed by atoms with E-state index in [1.54, 1.807) is 13.1 Å². The predicted octanol–water partition coefficient (Wildman–Crippen LogP) is 0.131. The Labute approximate surface area is 121 Å². The standard InChI is InChI=1S/C13H17N5O3/c1-3-8-5-11(18(2)17-8)12(19)16-10(13(20)21)4-9-6-14-7-15-9/h5-7,10H,3-4H2,1-2H3,(H,14,15)(H,16,19)(H,20,21). The van der Waals surface area contributed by atoms with Crippen LogP contribution >= 0.6 is 0 Å². The zero-order valence-electron chi connectivity index (χ0n) is 11.8. The van der Waals surface area contributed by atoms with Crippen molar-refractivity contribution >= 4 is 11.9 Å². The molecule has 3 N–H and O–H groups in total. The molecule has 8 heteroatoms. The van der Waals surface area contributed by atoms with Gasteiger partial charge in [-0.2, -0.15) is 5.10 Å². The fourth-order valence-electron chi connectivity index (χ4n) is 1.96. The van der Waals surface area contributed by atoms with Crippen molar-refractivity contribution in [3.05, 3.63) is 35.7 Å². The number of aromatic amines is 1. The molecular weight excluding hydrogens is 274 g/mol. The van der Waals surface area contributed by atoms with E-state index < -0.39 is 17.9 Å². The summed E-state index contributed by atoms with van der Waals surface area (Å²) in [6.07, 6.45) is 3.84. The van der Waals surface area contributed by atoms with Crippen molar-refractivity contribution in [3.8, 4) is 0 Å².